The van der Waals surface area contributed by atoms with Gasteiger partial charge in [-0.3, -0.25) is 9.59 Å². The highest BCUT2D eigenvalue weighted by Crippen LogP contribution is 2.33. The number of carboxylic acids is 1. The largest absolute Gasteiger partial charge is 0.481 e. The average Bonchev–Trinajstić information content (AvgIpc) is 3.28. The molecule has 0 unspecified atom stereocenters. The molecule has 170 valence electrons. The normalized spacial score (nSPS) is 19.9. The summed E-state index contributed by atoms with van der Waals surface area (Å²) >= 11 is 1.82. The third-order valence-electron chi connectivity index (χ3n) is 5.95. The van der Waals surface area contributed by atoms with Crippen molar-refractivity contribution in [2.75, 3.05) is 0 Å². The standard InChI is InChI=1S/C27H32O4S/c1-19-17-25(29)24(12-4-2-3-5-14-27(30)31)23(19)16-15-21(28)10-8-11-22-18-20-9-6-7-13-26(20)32-22/h2,4,6-7,9,13,15-18,21,23-24,28H,3,5,8,10-12,14H2,1H3,(H,30,31)/t21-,23-,24+/m0/s1. The molecule has 1 aliphatic carbocycles. The maximum atomic E-state index is 12.4. The van der Waals surface area contributed by atoms with Crippen molar-refractivity contribution in [3.05, 3.63) is 71.2 Å². The van der Waals surface area contributed by atoms with Gasteiger partial charge in [0.1, 0.15) is 0 Å². The molecule has 3 atom stereocenters. The molecule has 0 fully saturated rings. The molecule has 3 rings (SSSR count). The highest BCUT2D eigenvalue weighted by atomic mass is 32.1. The number of hydrogen-bond acceptors (Lipinski definition) is 4. The Balaban J connectivity index is 1.45. The van der Waals surface area contributed by atoms with Crippen LogP contribution in [0.4, 0.5) is 0 Å². The van der Waals surface area contributed by atoms with E-state index < -0.39 is 12.1 Å². The van der Waals surface area contributed by atoms with Crippen LogP contribution in [0, 0.1) is 11.8 Å². The van der Waals surface area contributed by atoms with E-state index in [0.717, 1.165) is 18.4 Å². The fraction of sp³-hybridized carbons (Fsp3) is 0.407. The van der Waals surface area contributed by atoms with Crippen LogP contribution in [0.15, 0.2) is 66.3 Å². The molecule has 0 aliphatic heterocycles. The lowest BCUT2D eigenvalue weighted by Gasteiger charge is -2.16. The zero-order valence-electron chi connectivity index (χ0n) is 18.6. The van der Waals surface area contributed by atoms with Crippen molar-refractivity contribution in [3.8, 4) is 0 Å². The van der Waals surface area contributed by atoms with Gasteiger partial charge in [-0.1, -0.05) is 48.1 Å². The second-order valence-corrected chi connectivity index (χ2v) is 9.68. The van der Waals surface area contributed by atoms with Crippen LogP contribution in [0.5, 0.6) is 0 Å². The number of allylic oxidation sites excluding steroid dienone is 5. The van der Waals surface area contributed by atoms with Gasteiger partial charge < -0.3 is 10.2 Å². The first-order valence-corrected chi connectivity index (χ1v) is 12.2. The number of aryl methyl sites for hydroxylation is 1. The Kier molecular flexibility index (Phi) is 9.00. The quantitative estimate of drug-likeness (QED) is 0.301. The van der Waals surface area contributed by atoms with E-state index in [2.05, 4.69) is 30.3 Å². The Bertz CT molecular complexity index is 981. The first-order chi connectivity index (χ1) is 15.4. The molecule has 1 aromatic heterocycles. The van der Waals surface area contributed by atoms with Crippen molar-refractivity contribution < 1.29 is 19.8 Å². The number of thiophene rings is 1. The fourth-order valence-electron chi connectivity index (χ4n) is 4.19. The van der Waals surface area contributed by atoms with Crippen LogP contribution in [0.3, 0.4) is 0 Å². The van der Waals surface area contributed by atoms with Gasteiger partial charge in [-0.15, -0.1) is 11.3 Å². The maximum absolute atomic E-state index is 12.4. The van der Waals surface area contributed by atoms with E-state index >= 15 is 0 Å². The van der Waals surface area contributed by atoms with Crippen molar-refractivity contribution in [3.63, 3.8) is 0 Å². The number of aliphatic hydroxyl groups excluding tert-OH is 1. The molecule has 0 amide bonds. The summed E-state index contributed by atoms with van der Waals surface area (Å²) in [6, 6.07) is 10.6. The minimum Gasteiger partial charge on any atom is -0.481 e. The van der Waals surface area contributed by atoms with Gasteiger partial charge in [0.25, 0.3) is 0 Å². The predicted molar refractivity (Wildman–Crippen MR) is 131 cm³/mol. The van der Waals surface area contributed by atoms with Crippen molar-refractivity contribution >= 4 is 33.2 Å². The van der Waals surface area contributed by atoms with E-state index in [1.54, 1.807) is 6.08 Å². The third-order valence-corrected chi connectivity index (χ3v) is 7.13. The summed E-state index contributed by atoms with van der Waals surface area (Å²) in [5, 5.41) is 20.4. The molecule has 0 saturated carbocycles. The number of aliphatic hydroxyl groups is 1. The molecular formula is C27H32O4S. The molecule has 1 aromatic carbocycles. The summed E-state index contributed by atoms with van der Waals surface area (Å²) in [5.74, 6) is -0.764. The van der Waals surface area contributed by atoms with E-state index in [1.165, 1.54) is 15.0 Å². The summed E-state index contributed by atoms with van der Waals surface area (Å²) in [7, 11) is 0. The van der Waals surface area contributed by atoms with Gasteiger partial charge in [-0.05, 0) is 69.0 Å². The van der Waals surface area contributed by atoms with Gasteiger partial charge in [0.2, 0.25) is 0 Å². The fourth-order valence-corrected chi connectivity index (χ4v) is 5.30. The molecule has 2 N–H and O–H groups in total. The van der Waals surface area contributed by atoms with Gasteiger partial charge >= 0.3 is 5.97 Å². The molecule has 0 spiro atoms. The lowest BCUT2D eigenvalue weighted by molar-refractivity contribution is -0.137. The van der Waals surface area contributed by atoms with Crippen LogP contribution in [-0.2, 0) is 16.0 Å². The number of benzene rings is 1. The molecule has 1 aliphatic rings. The molecule has 5 heteroatoms. The molecular weight excluding hydrogens is 420 g/mol. The number of rotatable bonds is 12. The Labute approximate surface area is 194 Å². The molecule has 0 radical (unpaired) electrons. The first-order valence-electron chi connectivity index (χ1n) is 11.4. The summed E-state index contributed by atoms with van der Waals surface area (Å²) in [6.07, 6.45) is 13.7. The second kappa shape index (κ2) is 11.9. The summed E-state index contributed by atoms with van der Waals surface area (Å²) in [5.41, 5.74) is 1.04. The van der Waals surface area contributed by atoms with Crippen molar-refractivity contribution in [1.29, 1.82) is 0 Å². The van der Waals surface area contributed by atoms with Gasteiger partial charge in [-0.25, -0.2) is 0 Å². The Morgan fingerprint density at radius 2 is 2.03 bits per heavy atom. The van der Waals surface area contributed by atoms with E-state index in [4.69, 9.17) is 5.11 Å². The van der Waals surface area contributed by atoms with Crippen molar-refractivity contribution in [2.45, 2.75) is 58.0 Å². The number of carboxylic acid groups (broad SMARTS) is 1. The summed E-state index contributed by atoms with van der Waals surface area (Å²) < 4.78 is 1.30. The van der Waals surface area contributed by atoms with Crippen LogP contribution in [0.2, 0.25) is 0 Å². The number of fused-ring (bicyclic) bond motifs is 1. The number of hydrogen-bond donors (Lipinski definition) is 2. The summed E-state index contributed by atoms with van der Waals surface area (Å²) in [4.78, 5) is 24.3. The predicted octanol–water partition coefficient (Wildman–Crippen LogP) is 6.10. The lowest BCUT2D eigenvalue weighted by atomic mass is 9.87. The van der Waals surface area contributed by atoms with E-state index in [0.29, 0.717) is 25.7 Å². The van der Waals surface area contributed by atoms with Gasteiger partial charge in [0.15, 0.2) is 5.78 Å². The minimum absolute atomic E-state index is 0.0171. The monoisotopic (exact) mass is 452 g/mol. The molecule has 32 heavy (non-hydrogen) atoms. The average molecular weight is 453 g/mol. The Hall–Kier alpha value is -2.50. The van der Waals surface area contributed by atoms with Crippen LogP contribution >= 0.6 is 11.3 Å². The number of ketones is 1. The minimum atomic E-state index is -0.781. The Morgan fingerprint density at radius 3 is 2.81 bits per heavy atom. The maximum Gasteiger partial charge on any atom is 0.303 e. The number of aliphatic carboxylic acids is 1. The highest BCUT2D eigenvalue weighted by molar-refractivity contribution is 7.19. The number of carbonyl (C=O) groups is 2. The van der Waals surface area contributed by atoms with Crippen LogP contribution < -0.4 is 0 Å². The topological polar surface area (TPSA) is 74.6 Å². The van der Waals surface area contributed by atoms with Gasteiger partial charge in [-0.2, -0.15) is 0 Å². The molecule has 0 saturated heterocycles. The third kappa shape index (κ3) is 7.01. The van der Waals surface area contributed by atoms with Gasteiger partial charge in [0.05, 0.1) is 6.10 Å². The van der Waals surface area contributed by atoms with Crippen LogP contribution in [0.25, 0.3) is 10.1 Å². The lowest BCUT2D eigenvalue weighted by Crippen LogP contribution is -2.15. The van der Waals surface area contributed by atoms with Crippen LogP contribution in [-0.4, -0.2) is 28.1 Å². The SMILES string of the molecule is CC1=CC(=O)[C@H](CC=CCCCC(=O)O)[C@H]1C=C[C@@H](O)CCCc1cc2ccccc2s1. The number of unbranched alkanes of at least 4 members (excludes halogenated alkanes) is 1. The van der Waals surface area contributed by atoms with E-state index in [1.807, 2.05) is 42.6 Å². The molecule has 0 bridgehead atoms. The van der Waals surface area contributed by atoms with Crippen LogP contribution in [0.1, 0.15) is 50.3 Å². The zero-order valence-corrected chi connectivity index (χ0v) is 19.4. The molecule has 2 aromatic rings. The summed E-state index contributed by atoms with van der Waals surface area (Å²) in [6.45, 7) is 1.97. The second-order valence-electron chi connectivity index (χ2n) is 8.51. The Morgan fingerprint density at radius 1 is 1.22 bits per heavy atom. The van der Waals surface area contributed by atoms with Gasteiger partial charge in [0, 0.05) is 27.8 Å². The number of carbonyl (C=O) groups excluding carboxylic acids is 1. The van der Waals surface area contributed by atoms with E-state index in [-0.39, 0.29) is 24.0 Å². The smallest absolute Gasteiger partial charge is 0.303 e. The van der Waals surface area contributed by atoms with Crippen molar-refractivity contribution in [2.24, 2.45) is 11.8 Å². The zero-order chi connectivity index (χ0) is 22.9. The molecule has 4 nitrogen and oxygen atoms in total. The van der Waals surface area contributed by atoms with E-state index in [9.17, 15) is 14.7 Å². The first kappa shape index (κ1) is 24.1. The van der Waals surface area contributed by atoms with Crippen molar-refractivity contribution in [1.82, 2.24) is 0 Å². The highest BCUT2D eigenvalue weighted by Gasteiger charge is 2.31. The molecule has 1 heterocycles.